The molecule has 0 unspecified atom stereocenters. The maximum absolute atomic E-state index is 12.5. The van der Waals surface area contributed by atoms with E-state index >= 15 is 0 Å². The summed E-state index contributed by atoms with van der Waals surface area (Å²) in [5.41, 5.74) is 0.264. The Kier molecular flexibility index (Phi) is 5.44. The van der Waals surface area contributed by atoms with Crippen molar-refractivity contribution in [2.24, 2.45) is 0 Å². The number of rotatable bonds is 4. The van der Waals surface area contributed by atoms with E-state index in [4.69, 9.17) is 4.74 Å². The van der Waals surface area contributed by atoms with Gasteiger partial charge in [0.15, 0.2) is 0 Å². The van der Waals surface area contributed by atoms with Crippen molar-refractivity contribution >= 4 is 11.8 Å². The Morgan fingerprint density at radius 2 is 2.00 bits per heavy atom. The van der Waals surface area contributed by atoms with Crippen LogP contribution in [0, 0.1) is 0 Å². The van der Waals surface area contributed by atoms with Crippen LogP contribution >= 0.6 is 0 Å². The summed E-state index contributed by atoms with van der Waals surface area (Å²) in [4.78, 5) is 13.9. The summed E-state index contributed by atoms with van der Waals surface area (Å²) < 4.78 is 30.5. The first-order valence-electron chi connectivity index (χ1n) is 7.88. The van der Waals surface area contributed by atoms with Gasteiger partial charge in [-0.05, 0) is 45.7 Å². The molecule has 0 saturated carbocycles. The largest absolute Gasteiger partial charge is 0.444 e. The molecule has 1 fully saturated rings. The van der Waals surface area contributed by atoms with Gasteiger partial charge in [-0.2, -0.15) is 0 Å². The van der Waals surface area contributed by atoms with Crippen molar-refractivity contribution in [2.75, 3.05) is 18.4 Å². The number of hydrogen-bond donors (Lipinski definition) is 1. The normalized spacial score (nSPS) is 18.3. The van der Waals surface area contributed by atoms with Crippen LogP contribution in [0.5, 0.6) is 0 Å². The third-order valence-electron chi connectivity index (χ3n) is 3.71. The number of likely N-dealkylation sites (tertiary alicyclic amines) is 1. The van der Waals surface area contributed by atoms with Crippen LogP contribution in [-0.4, -0.2) is 35.7 Å². The van der Waals surface area contributed by atoms with Crippen LogP contribution in [0.4, 0.5) is 19.3 Å². The van der Waals surface area contributed by atoms with E-state index in [-0.39, 0.29) is 17.7 Å². The van der Waals surface area contributed by atoms with Crippen molar-refractivity contribution in [1.82, 2.24) is 4.90 Å². The number of amides is 1. The van der Waals surface area contributed by atoms with Gasteiger partial charge < -0.3 is 15.0 Å². The fourth-order valence-corrected chi connectivity index (χ4v) is 2.59. The Morgan fingerprint density at radius 1 is 1.35 bits per heavy atom. The highest BCUT2D eigenvalue weighted by molar-refractivity contribution is 5.69. The molecule has 0 aromatic heterocycles. The highest BCUT2D eigenvalue weighted by atomic mass is 19.3. The maximum atomic E-state index is 12.5. The van der Waals surface area contributed by atoms with E-state index in [1.807, 2.05) is 20.8 Å². The molecule has 1 aliphatic rings. The average Bonchev–Trinajstić information content (AvgIpc) is 2.92. The van der Waals surface area contributed by atoms with Crippen molar-refractivity contribution in [1.29, 1.82) is 0 Å². The van der Waals surface area contributed by atoms with Crippen molar-refractivity contribution in [3.05, 3.63) is 29.8 Å². The molecule has 128 valence electrons. The van der Waals surface area contributed by atoms with Crippen LogP contribution < -0.4 is 5.32 Å². The predicted octanol–water partition coefficient (Wildman–Crippen LogP) is 4.44. The lowest BCUT2D eigenvalue weighted by molar-refractivity contribution is 0.0235. The second kappa shape index (κ2) is 7.15. The highest BCUT2D eigenvalue weighted by Gasteiger charge is 2.31. The van der Waals surface area contributed by atoms with Crippen LogP contribution in [0.2, 0.25) is 0 Å². The Hall–Kier alpha value is -1.85. The highest BCUT2D eigenvalue weighted by Crippen LogP contribution is 2.23. The molecule has 0 bridgehead atoms. The minimum absolute atomic E-state index is 0.00629. The maximum Gasteiger partial charge on any atom is 0.410 e. The first kappa shape index (κ1) is 17.5. The summed E-state index contributed by atoms with van der Waals surface area (Å²) in [5, 5.41) is 3.21. The first-order valence-corrected chi connectivity index (χ1v) is 7.88. The van der Waals surface area contributed by atoms with Gasteiger partial charge in [-0.15, -0.1) is 0 Å². The number of hydrogen-bond acceptors (Lipinski definition) is 3. The van der Waals surface area contributed by atoms with E-state index in [0.717, 1.165) is 18.5 Å². The summed E-state index contributed by atoms with van der Waals surface area (Å²) in [6.45, 7) is 6.80. The fraction of sp³-hybridized carbons (Fsp3) is 0.588. The number of ether oxygens (including phenoxy) is 1. The van der Waals surface area contributed by atoms with Crippen molar-refractivity contribution < 1.29 is 18.3 Å². The van der Waals surface area contributed by atoms with E-state index in [2.05, 4.69) is 5.32 Å². The Labute approximate surface area is 135 Å². The van der Waals surface area contributed by atoms with E-state index in [9.17, 15) is 13.6 Å². The molecule has 1 N–H and O–H groups in total. The Bertz CT molecular complexity index is 526. The summed E-state index contributed by atoms with van der Waals surface area (Å²) in [5.74, 6) is 0. The molecule has 23 heavy (non-hydrogen) atoms. The van der Waals surface area contributed by atoms with E-state index < -0.39 is 12.0 Å². The van der Waals surface area contributed by atoms with Gasteiger partial charge in [0.2, 0.25) is 0 Å². The molecule has 4 nitrogen and oxygen atoms in total. The van der Waals surface area contributed by atoms with Gasteiger partial charge >= 0.3 is 6.09 Å². The molecule has 1 amide bonds. The Morgan fingerprint density at radius 3 is 2.57 bits per heavy atom. The molecular weight excluding hydrogens is 302 g/mol. The van der Waals surface area contributed by atoms with Gasteiger partial charge in [-0.25, -0.2) is 13.6 Å². The predicted molar refractivity (Wildman–Crippen MR) is 85.9 cm³/mol. The van der Waals surface area contributed by atoms with Gasteiger partial charge in [-0.1, -0.05) is 12.1 Å². The van der Waals surface area contributed by atoms with Crippen LogP contribution in [0.15, 0.2) is 24.3 Å². The SMILES string of the molecule is CC(C)(C)OC(=O)N1CCC[C@@H]1CNc1ccc(C(F)F)cc1. The van der Waals surface area contributed by atoms with Gasteiger partial charge in [0.05, 0.1) is 6.04 Å². The Balaban J connectivity index is 1.90. The second-order valence-electron chi connectivity index (χ2n) is 6.77. The standard InChI is InChI=1S/C17H24F2N2O2/c1-17(2,3)23-16(22)21-10-4-5-14(21)11-20-13-8-6-12(7-9-13)15(18)19/h6-9,14-15,20H,4-5,10-11H2,1-3H3/t14-/m1/s1. The molecule has 1 heterocycles. The molecule has 1 saturated heterocycles. The average molecular weight is 326 g/mol. The van der Waals surface area contributed by atoms with Gasteiger partial charge in [-0.3, -0.25) is 0 Å². The molecule has 1 aromatic rings. The first-order chi connectivity index (χ1) is 10.8. The number of nitrogens with zero attached hydrogens (tertiary/aromatic N) is 1. The van der Waals surface area contributed by atoms with E-state index in [1.165, 1.54) is 12.1 Å². The molecule has 1 aromatic carbocycles. The minimum Gasteiger partial charge on any atom is -0.444 e. The third-order valence-corrected chi connectivity index (χ3v) is 3.71. The summed E-state index contributed by atoms with van der Waals surface area (Å²) in [7, 11) is 0. The zero-order valence-electron chi connectivity index (χ0n) is 13.8. The number of halogens is 2. The number of carbonyl (C=O) groups is 1. The number of carbonyl (C=O) groups excluding carboxylic acids is 1. The third kappa shape index (κ3) is 5.08. The van der Waals surface area contributed by atoms with Crippen molar-refractivity contribution in [2.45, 2.75) is 51.7 Å². The van der Waals surface area contributed by atoms with Gasteiger partial charge in [0.25, 0.3) is 6.43 Å². The van der Waals surface area contributed by atoms with Crippen LogP contribution in [0.25, 0.3) is 0 Å². The lowest BCUT2D eigenvalue weighted by atomic mass is 10.2. The monoisotopic (exact) mass is 326 g/mol. The number of alkyl halides is 2. The molecule has 0 radical (unpaired) electrons. The molecule has 1 aliphatic heterocycles. The van der Waals surface area contributed by atoms with Crippen LogP contribution in [-0.2, 0) is 4.74 Å². The second-order valence-corrected chi connectivity index (χ2v) is 6.77. The number of benzene rings is 1. The van der Waals surface area contributed by atoms with Gasteiger partial charge in [0.1, 0.15) is 5.60 Å². The molecule has 0 spiro atoms. The van der Waals surface area contributed by atoms with E-state index in [1.54, 1.807) is 17.0 Å². The molecular formula is C17H24F2N2O2. The molecule has 1 atom stereocenters. The lowest BCUT2D eigenvalue weighted by Crippen LogP contribution is -2.42. The van der Waals surface area contributed by atoms with Crippen molar-refractivity contribution in [3.8, 4) is 0 Å². The summed E-state index contributed by atoms with van der Waals surface area (Å²) in [6.07, 6.45) is -0.909. The molecule has 6 heteroatoms. The van der Waals surface area contributed by atoms with Gasteiger partial charge in [0, 0.05) is 24.3 Å². The zero-order chi connectivity index (χ0) is 17.0. The minimum atomic E-state index is -2.46. The molecule has 0 aliphatic carbocycles. The lowest BCUT2D eigenvalue weighted by Gasteiger charge is -2.29. The van der Waals surface area contributed by atoms with Crippen molar-refractivity contribution in [3.63, 3.8) is 0 Å². The van der Waals surface area contributed by atoms with Crippen LogP contribution in [0.1, 0.15) is 45.6 Å². The quantitative estimate of drug-likeness (QED) is 0.889. The summed E-state index contributed by atoms with van der Waals surface area (Å²) >= 11 is 0. The number of anilines is 1. The zero-order valence-corrected chi connectivity index (χ0v) is 13.8. The summed E-state index contributed by atoms with van der Waals surface area (Å²) in [6, 6.07) is 6.14. The number of nitrogens with one attached hydrogen (secondary N) is 1. The van der Waals surface area contributed by atoms with E-state index in [0.29, 0.717) is 13.1 Å². The van der Waals surface area contributed by atoms with Crippen LogP contribution in [0.3, 0.4) is 0 Å². The fourth-order valence-electron chi connectivity index (χ4n) is 2.59. The smallest absolute Gasteiger partial charge is 0.410 e. The molecule has 2 rings (SSSR count). The topological polar surface area (TPSA) is 41.6 Å².